The van der Waals surface area contributed by atoms with Gasteiger partial charge in [0, 0.05) is 36.8 Å². The first-order valence-electron chi connectivity index (χ1n) is 10.9. The predicted molar refractivity (Wildman–Crippen MR) is 129 cm³/mol. The molecule has 34 heavy (non-hydrogen) atoms. The lowest BCUT2D eigenvalue weighted by Crippen LogP contribution is -2.22. The number of anilines is 1. The van der Waals surface area contributed by atoms with Crippen LogP contribution in [-0.2, 0) is 4.79 Å². The maximum absolute atomic E-state index is 12.7. The number of rotatable bonds is 5. The zero-order chi connectivity index (χ0) is 24.0. The van der Waals surface area contributed by atoms with Crippen molar-refractivity contribution in [1.82, 2.24) is 19.6 Å². The Labute approximate surface area is 197 Å². The van der Waals surface area contributed by atoms with Crippen LogP contribution in [0.3, 0.4) is 0 Å². The normalized spacial score (nSPS) is 15.1. The largest absolute Gasteiger partial charge is 0.497 e. The summed E-state index contributed by atoms with van der Waals surface area (Å²) in [5.41, 5.74) is 4.79. The molecule has 8 nitrogen and oxygen atoms in total. The SMILES string of the molecule is COc1ccc(C2C(C(C)=O)=C(C)Oc3ncn4nc(-c5ccc(N(C)C)cc5)nc4c32)cc1. The number of ketones is 1. The molecule has 2 aromatic heterocycles. The zero-order valence-corrected chi connectivity index (χ0v) is 19.7. The first-order chi connectivity index (χ1) is 16.4. The Balaban J connectivity index is 1.70. The molecule has 1 atom stereocenters. The van der Waals surface area contributed by atoms with Gasteiger partial charge >= 0.3 is 0 Å². The topological polar surface area (TPSA) is 81.8 Å². The Hall–Kier alpha value is -4.20. The highest BCUT2D eigenvalue weighted by Crippen LogP contribution is 2.44. The summed E-state index contributed by atoms with van der Waals surface area (Å²) >= 11 is 0. The van der Waals surface area contributed by atoms with Crippen molar-refractivity contribution in [3.05, 3.63) is 77.3 Å². The van der Waals surface area contributed by atoms with Crippen LogP contribution in [0, 0.1) is 0 Å². The lowest BCUT2D eigenvalue weighted by molar-refractivity contribution is -0.114. The monoisotopic (exact) mass is 455 g/mol. The predicted octanol–water partition coefficient (Wildman–Crippen LogP) is 4.25. The summed E-state index contributed by atoms with van der Waals surface area (Å²) < 4.78 is 13.0. The summed E-state index contributed by atoms with van der Waals surface area (Å²) in [4.78, 5) is 24.1. The Bertz CT molecular complexity index is 1420. The molecule has 1 aliphatic rings. The van der Waals surface area contributed by atoms with Gasteiger partial charge in [-0.05, 0) is 55.8 Å². The van der Waals surface area contributed by atoms with Gasteiger partial charge in [-0.15, -0.1) is 5.10 Å². The maximum atomic E-state index is 12.7. The van der Waals surface area contributed by atoms with Gasteiger partial charge in [-0.1, -0.05) is 12.1 Å². The van der Waals surface area contributed by atoms with E-state index in [0.29, 0.717) is 34.2 Å². The van der Waals surface area contributed by atoms with Gasteiger partial charge < -0.3 is 14.4 Å². The molecule has 4 aromatic rings. The fourth-order valence-corrected chi connectivity index (χ4v) is 4.35. The molecule has 172 valence electrons. The molecule has 3 heterocycles. The molecule has 0 fully saturated rings. The van der Waals surface area contributed by atoms with Gasteiger partial charge in [0.25, 0.3) is 0 Å². The minimum atomic E-state index is -0.392. The van der Waals surface area contributed by atoms with Gasteiger partial charge in [0.1, 0.15) is 17.8 Å². The van der Waals surface area contributed by atoms with E-state index in [1.165, 1.54) is 0 Å². The van der Waals surface area contributed by atoms with E-state index in [2.05, 4.69) is 10.1 Å². The number of aromatic nitrogens is 4. The Morgan fingerprint density at radius 1 is 1.09 bits per heavy atom. The Morgan fingerprint density at radius 3 is 2.41 bits per heavy atom. The molecule has 8 heteroatoms. The molecule has 0 saturated carbocycles. The van der Waals surface area contributed by atoms with E-state index in [9.17, 15) is 4.79 Å². The highest BCUT2D eigenvalue weighted by atomic mass is 16.5. The van der Waals surface area contributed by atoms with Gasteiger partial charge in [0.05, 0.1) is 12.7 Å². The number of fused-ring (bicyclic) bond motifs is 3. The van der Waals surface area contributed by atoms with Crippen LogP contribution in [-0.4, -0.2) is 46.6 Å². The molecule has 0 spiro atoms. The molecule has 0 aliphatic carbocycles. The van der Waals surface area contributed by atoms with Crippen LogP contribution in [0.15, 0.2) is 66.2 Å². The van der Waals surface area contributed by atoms with Crippen LogP contribution in [0.2, 0.25) is 0 Å². The van der Waals surface area contributed by atoms with E-state index in [4.69, 9.17) is 14.5 Å². The summed E-state index contributed by atoms with van der Waals surface area (Å²) in [6, 6.07) is 15.7. The van der Waals surface area contributed by atoms with Crippen molar-refractivity contribution in [2.45, 2.75) is 19.8 Å². The molecule has 5 rings (SSSR count). The quantitative estimate of drug-likeness (QED) is 0.445. The van der Waals surface area contributed by atoms with E-state index in [1.54, 1.807) is 31.8 Å². The minimum absolute atomic E-state index is 0.0648. The number of allylic oxidation sites excluding steroid dienone is 2. The molecule has 0 radical (unpaired) electrons. The van der Waals surface area contributed by atoms with Gasteiger partial charge in [-0.3, -0.25) is 4.79 Å². The average Bonchev–Trinajstić information content (AvgIpc) is 3.27. The van der Waals surface area contributed by atoms with Crippen LogP contribution in [0.5, 0.6) is 11.6 Å². The van der Waals surface area contributed by atoms with Crippen molar-refractivity contribution in [3.8, 4) is 23.0 Å². The van der Waals surface area contributed by atoms with E-state index < -0.39 is 5.92 Å². The number of nitrogens with zero attached hydrogens (tertiary/aromatic N) is 5. The minimum Gasteiger partial charge on any atom is -0.497 e. The Morgan fingerprint density at radius 2 is 1.79 bits per heavy atom. The molecule has 0 bridgehead atoms. The molecular formula is C26H25N5O3. The summed E-state index contributed by atoms with van der Waals surface area (Å²) in [6.07, 6.45) is 1.59. The number of carbonyl (C=O) groups is 1. The molecule has 1 aliphatic heterocycles. The molecule has 0 N–H and O–H groups in total. The lowest BCUT2D eigenvalue weighted by Gasteiger charge is -2.28. The van der Waals surface area contributed by atoms with Gasteiger partial charge in [-0.25, -0.2) is 14.5 Å². The van der Waals surface area contributed by atoms with Crippen LogP contribution in [0.4, 0.5) is 5.69 Å². The number of benzene rings is 2. The Kier molecular flexibility index (Phi) is 5.28. The molecule has 0 saturated heterocycles. The second kappa shape index (κ2) is 8.30. The lowest BCUT2D eigenvalue weighted by atomic mass is 9.82. The second-order valence-corrected chi connectivity index (χ2v) is 8.44. The van der Waals surface area contributed by atoms with Crippen LogP contribution < -0.4 is 14.4 Å². The average molecular weight is 456 g/mol. The third kappa shape index (κ3) is 3.57. The van der Waals surface area contributed by atoms with E-state index in [1.807, 2.05) is 67.5 Å². The van der Waals surface area contributed by atoms with Crippen molar-refractivity contribution in [1.29, 1.82) is 0 Å². The number of hydrogen-bond donors (Lipinski definition) is 0. The van der Waals surface area contributed by atoms with E-state index in [-0.39, 0.29) is 5.78 Å². The van der Waals surface area contributed by atoms with Crippen molar-refractivity contribution in [2.75, 3.05) is 26.1 Å². The van der Waals surface area contributed by atoms with Crippen molar-refractivity contribution in [2.24, 2.45) is 0 Å². The smallest absolute Gasteiger partial charge is 0.228 e. The number of hydrogen-bond acceptors (Lipinski definition) is 7. The third-order valence-electron chi connectivity index (χ3n) is 6.06. The highest BCUT2D eigenvalue weighted by molar-refractivity contribution is 5.97. The van der Waals surface area contributed by atoms with Crippen LogP contribution in [0.1, 0.15) is 30.9 Å². The number of carbonyl (C=O) groups excluding carboxylic acids is 1. The van der Waals surface area contributed by atoms with Crippen molar-refractivity contribution < 1.29 is 14.3 Å². The summed E-state index contributed by atoms with van der Waals surface area (Å²) in [5.74, 6) is 1.82. The standard InChI is InChI=1S/C26H25N5O3/c1-15(32)21-16(2)34-26-23(22(21)17-8-12-20(33-5)13-9-17)25-28-24(29-31(25)14-27-26)18-6-10-19(11-7-18)30(3)4/h6-14,22H,1-5H3. The summed E-state index contributed by atoms with van der Waals surface area (Å²) in [7, 11) is 5.62. The number of methoxy groups -OCH3 is 1. The second-order valence-electron chi connectivity index (χ2n) is 8.44. The van der Waals surface area contributed by atoms with Crippen LogP contribution >= 0.6 is 0 Å². The molecular weight excluding hydrogens is 430 g/mol. The summed E-state index contributed by atoms with van der Waals surface area (Å²) in [6.45, 7) is 3.35. The van der Waals surface area contributed by atoms with Gasteiger partial charge in [0.15, 0.2) is 17.3 Å². The third-order valence-corrected chi connectivity index (χ3v) is 6.06. The van der Waals surface area contributed by atoms with Crippen molar-refractivity contribution in [3.63, 3.8) is 0 Å². The fourth-order valence-electron chi connectivity index (χ4n) is 4.35. The summed E-state index contributed by atoms with van der Waals surface area (Å²) in [5, 5.41) is 4.66. The number of Topliss-reactive ketones (excluding diaryl/α,β-unsaturated/α-hetero) is 1. The maximum Gasteiger partial charge on any atom is 0.228 e. The van der Waals surface area contributed by atoms with Crippen LogP contribution in [0.25, 0.3) is 17.0 Å². The van der Waals surface area contributed by atoms with Gasteiger partial charge in [-0.2, -0.15) is 0 Å². The highest BCUT2D eigenvalue weighted by Gasteiger charge is 2.36. The van der Waals surface area contributed by atoms with E-state index >= 15 is 0 Å². The fraction of sp³-hybridized carbons (Fsp3) is 0.231. The zero-order valence-electron chi connectivity index (χ0n) is 19.7. The van der Waals surface area contributed by atoms with Crippen molar-refractivity contribution >= 4 is 17.1 Å². The molecule has 0 amide bonds. The van der Waals surface area contributed by atoms with E-state index in [0.717, 1.165) is 22.6 Å². The first-order valence-corrected chi connectivity index (χ1v) is 10.9. The number of ether oxygens (including phenoxy) is 2. The molecule has 2 aromatic carbocycles. The van der Waals surface area contributed by atoms with Gasteiger partial charge in [0.2, 0.25) is 5.88 Å². The molecule has 1 unspecified atom stereocenters. The first kappa shape index (κ1) is 21.6.